The molecule has 1 fully saturated rings. The van der Waals surface area contributed by atoms with Crippen LogP contribution in [0.2, 0.25) is 0 Å². The normalized spacial score (nSPS) is 13.6. The topological polar surface area (TPSA) is 56.1 Å². The first-order valence-corrected chi connectivity index (χ1v) is 12.1. The SMILES string of the molecule is CC(C)c1ccc(OCCCCn2c(CCCNC(=O)C3CC3)nc3ccccc32)cc1. The van der Waals surface area contributed by atoms with Gasteiger partial charge in [0, 0.05) is 25.4 Å². The lowest BCUT2D eigenvalue weighted by Crippen LogP contribution is -2.26. The number of imidazole rings is 1. The van der Waals surface area contributed by atoms with Crippen molar-refractivity contribution in [1.29, 1.82) is 0 Å². The van der Waals surface area contributed by atoms with Gasteiger partial charge in [0.25, 0.3) is 0 Å². The van der Waals surface area contributed by atoms with Crippen molar-refractivity contribution in [2.75, 3.05) is 13.2 Å². The second-order valence-electron chi connectivity index (χ2n) is 9.12. The predicted molar refractivity (Wildman–Crippen MR) is 129 cm³/mol. The Morgan fingerprint density at radius 1 is 1.09 bits per heavy atom. The molecule has 1 amide bonds. The van der Waals surface area contributed by atoms with Crippen molar-refractivity contribution in [3.8, 4) is 5.75 Å². The van der Waals surface area contributed by atoms with E-state index in [9.17, 15) is 4.79 Å². The summed E-state index contributed by atoms with van der Waals surface area (Å²) in [5.41, 5.74) is 3.57. The number of benzene rings is 2. The van der Waals surface area contributed by atoms with Gasteiger partial charge in [-0.2, -0.15) is 0 Å². The number of nitrogens with zero attached hydrogens (tertiary/aromatic N) is 2. The molecule has 1 N–H and O–H groups in total. The zero-order valence-electron chi connectivity index (χ0n) is 19.3. The second kappa shape index (κ2) is 10.7. The third-order valence-corrected chi connectivity index (χ3v) is 6.15. The number of carbonyl (C=O) groups excluding carboxylic acids is 1. The molecule has 2 aromatic carbocycles. The third kappa shape index (κ3) is 5.90. The number of amides is 1. The van der Waals surface area contributed by atoms with Crippen molar-refractivity contribution < 1.29 is 9.53 Å². The largest absolute Gasteiger partial charge is 0.494 e. The molecule has 170 valence electrons. The van der Waals surface area contributed by atoms with Crippen molar-refractivity contribution in [2.24, 2.45) is 5.92 Å². The number of carbonyl (C=O) groups is 1. The Morgan fingerprint density at radius 3 is 2.62 bits per heavy atom. The number of fused-ring (bicyclic) bond motifs is 1. The summed E-state index contributed by atoms with van der Waals surface area (Å²) >= 11 is 0. The lowest BCUT2D eigenvalue weighted by molar-refractivity contribution is -0.122. The van der Waals surface area contributed by atoms with E-state index >= 15 is 0 Å². The molecule has 4 rings (SSSR count). The first-order valence-electron chi connectivity index (χ1n) is 12.1. The van der Waals surface area contributed by atoms with E-state index in [0.29, 0.717) is 5.92 Å². The zero-order chi connectivity index (χ0) is 22.3. The molecule has 1 heterocycles. The molecule has 1 aliphatic rings. The van der Waals surface area contributed by atoms with Crippen LogP contribution in [0.5, 0.6) is 5.75 Å². The van der Waals surface area contributed by atoms with Gasteiger partial charge in [-0.3, -0.25) is 4.79 Å². The summed E-state index contributed by atoms with van der Waals surface area (Å²) in [5, 5.41) is 3.06. The number of hydrogen-bond acceptors (Lipinski definition) is 3. The van der Waals surface area contributed by atoms with Crippen molar-refractivity contribution in [3.05, 3.63) is 59.9 Å². The van der Waals surface area contributed by atoms with Gasteiger partial charge in [0.15, 0.2) is 0 Å². The predicted octanol–water partition coefficient (Wildman–Crippen LogP) is 5.48. The fourth-order valence-electron chi connectivity index (χ4n) is 4.02. The average Bonchev–Trinajstić information content (AvgIpc) is 3.59. The van der Waals surface area contributed by atoms with Gasteiger partial charge in [0.05, 0.1) is 17.6 Å². The number of unbranched alkanes of at least 4 members (excludes halogenated alkanes) is 1. The summed E-state index contributed by atoms with van der Waals surface area (Å²) in [5.74, 6) is 3.08. The highest BCUT2D eigenvalue weighted by Gasteiger charge is 2.29. The fourth-order valence-corrected chi connectivity index (χ4v) is 4.02. The molecule has 0 spiro atoms. The van der Waals surface area contributed by atoms with Gasteiger partial charge < -0.3 is 14.6 Å². The summed E-state index contributed by atoms with van der Waals surface area (Å²) in [4.78, 5) is 16.7. The van der Waals surface area contributed by atoms with Crippen LogP contribution in [0.1, 0.15) is 63.3 Å². The number of aryl methyl sites for hydroxylation is 2. The molecule has 3 aromatic rings. The first kappa shape index (κ1) is 22.4. The minimum atomic E-state index is 0.220. The summed E-state index contributed by atoms with van der Waals surface area (Å²) in [6.07, 6.45) is 5.92. The Balaban J connectivity index is 1.26. The molecule has 5 heteroatoms. The van der Waals surface area contributed by atoms with Crippen molar-refractivity contribution in [2.45, 2.75) is 64.8 Å². The molecule has 5 nitrogen and oxygen atoms in total. The average molecular weight is 434 g/mol. The van der Waals surface area contributed by atoms with E-state index in [0.717, 1.165) is 75.3 Å². The Morgan fingerprint density at radius 2 is 1.88 bits per heavy atom. The van der Waals surface area contributed by atoms with Crippen molar-refractivity contribution >= 4 is 16.9 Å². The zero-order valence-corrected chi connectivity index (χ0v) is 19.3. The van der Waals surface area contributed by atoms with E-state index in [4.69, 9.17) is 9.72 Å². The highest BCUT2D eigenvalue weighted by Crippen LogP contribution is 2.28. The van der Waals surface area contributed by atoms with Crippen molar-refractivity contribution in [1.82, 2.24) is 14.9 Å². The third-order valence-electron chi connectivity index (χ3n) is 6.15. The molecule has 0 unspecified atom stereocenters. The van der Waals surface area contributed by atoms with Gasteiger partial charge in [-0.25, -0.2) is 4.98 Å². The monoisotopic (exact) mass is 433 g/mol. The minimum absolute atomic E-state index is 0.220. The van der Waals surface area contributed by atoms with Crippen LogP contribution in [0.25, 0.3) is 11.0 Å². The van der Waals surface area contributed by atoms with Gasteiger partial charge in [-0.05, 0) is 67.9 Å². The summed E-state index contributed by atoms with van der Waals surface area (Å²) in [7, 11) is 0. The molecule has 0 aliphatic heterocycles. The molecule has 0 radical (unpaired) electrons. The maximum atomic E-state index is 11.8. The maximum Gasteiger partial charge on any atom is 0.223 e. The number of hydrogen-bond donors (Lipinski definition) is 1. The summed E-state index contributed by atoms with van der Waals surface area (Å²) in [6.45, 7) is 6.78. The van der Waals surface area contributed by atoms with E-state index in [1.54, 1.807) is 0 Å². The second-order valence-corrected chi connectivity index (χ2v) is 9.12. The van der Waals surface area contributed by atoms with E-state index in [-0.39, 0.29) is 11.8 Å². The standard InChI is InChI=1S/C27H35N3O2/c1-20(2)21-13-15-23(16-14-21)32-19-6-5-18-30-25-9-4-3-8-24(25)29-26(30)10-7-17-28-27(31)22-11-12-22/h3-4,8-9,13-16,20,22H,5-7,10-12,17-19H2,1-2H3,(H,28,31). The van der Waals surface area contributed by atoms with Crippen LogP contribution in [-0.4, -0.2) is 28.6 Å². The van der Waals surface area contributed by atoms with Crippen LogP contribution in [0, 0.1) is 5.92 Å². The van der Waals surface area contributed by atoms with Gasteiger partial charge >= 0.3 is 0 Å². The number of para-hydroxylation sites is 2. The number of ether oxygens (including phenoxy) is 1. The Labute approximate surface area is 191 Å². The lowest BCUT2D eigenvalue weighted by atomic mass is 10.0. The van der Waals surface area contributed by atoms with Crippen LogP contribution in [0.3, 0.4) is 0 Å². The van der Waals surface area contributed by atoms with Gasteiger partial charge in [-0.15, -0.1) is 0 Å². The highest BCUT2D eigenvalue weighted by molar-refractivity contribution is 5.80. The van der Waals surface area contributed by atoms with Crippen LogP contribution >= 0.6 is 0 Å². The van der Waals surface area contributed by atoms with E-state index in [1.165, 1.54) is 11.1 Å². The van der Waals surface area contributed by atoms with E-state index in [2.05, 4.69) is 66.2 Å². The van der Waals surface area contributed by atoms with Gasteiger partial charge in [-0.1, -0.05) is 38.1 Å². The Kier molecular flexibility index (Phi) is 7.46. The molecule has 1 saturated carbocycles. The maximum absolute atomic E-state index is 11.8. The molecule has 1 aromatic heterocycles. The number of nitrogens with one attached hydrogen (secondary N) is 1. The Bertz CT molecular complexity index is 1020. The molecule has 0 saturated heterocycles. The summed E-state index contributed by atoms with van der Waals surface area (Å²) < 4.78 is 8.28. The first-order chi connectivity index (χ1) is 15.6. The molecular formula is C27H35N3O2. The molecule has 0 atom stereocenters. The summed E-state index contributed by atoms with van der Waals surface area (Å²) in [6, 6.07) is 16.8. The van der Waals surface area contributed by atoms with Crippen LogP contribution in [-0.2, 0) is 17.8 Å². The fraction of sp³-hybridized carbons (Fsp3) is 0.481. The van der Waals surface area contributed by atoms with E-state index < -0.39 is 0 Å². The van der Waals surface area contributed by atoms with Crippen molar-refractivity contribution in [3.63, 3.8) is 0 Å². The van der Waals surface area contributed by atoms with E-state index in [1.807, 2.05) is 6.07 Å². The number of rotatable bonds is 12. The van der Waals surface area contributed by atoms with Crippen LogP contribution < -0.4 is 10.1 Å². The smallest absolute Gasteiger partial charge is 0.223 e. The van der Waals surface area contributed by atoms with Crippen LogP contribution in [0.4, 0.5) is 0 Å². The molecular weight excluding hydrogens is 398 g/mol. The van der Waals surface area contributed by atoms with Gasteiger partial charge in [0.1, 0.15) is 11.6 Å². The highest BCUT2D eigenvalue weighted by atomic mass is 16.5. The molecule has 1 aliphatic carbocycles. The Hall–Kier alpha value is -2.82. The lowest BCUT2D eigenvalue weighted by Gasteiger charge is -2.11. The van der Waals surface area contributed by atoms with Crippen LogP contribution in [0.15, 0.2) is 48.5 Å². The number of aromatic nitrogens is 2. The molecule has 0 bridgehead atoms. The quantitative estimate of drug-likeness (QED) is 0.385. The minimum Gasteiger partial charge on any atom is -0.494 e. The van der Waals surface area contributed by atoms with Gasteiger partial charge in [0.2, 0.25) is 5.91 Å². The molecule has 32 heavy (non-hydrogen) atoms.